The van der Waals surface area contributed by atoms with Gasteiger partial charge in [-0.25, -0.2) is 0 Å². The minimum atomic E-state index is 0.201. The van der Waals surface area contributed by atoms with Crippen molar-refractivity contribution in [2.75, 3.05) is 40.3 Å². The third-order valence-electron chi connectivity index (χ3n) is 5.36. The van der Waals surface area contributed by atoms with Gasteiger partial charge < -0.3 is 4.90 Å². The van der Waals surface area contributed by atoms with Crippen molar-refractivity contribution in [2.45, 2.75) is 37.8 Å². The Morgan fingerprint density at radius 2 is 2.17 bits per heavy atom. The largest absolute Gasteiger partial charge is 0.348 e. The molecule has 0 aliphatic carbocycles. The Balaban J connectivity index is 1.66. The van der Waals surface area contributed by atoms with Crippen LogP contribution in [0, 0.1) is 0 Å². The molecule has 126 valence electrons. The van der Waals surface area contributed by atoms with Crippen LogP contribution in [0.3, 0.4) is 0 Å². The van der Waals surface area contributed by atoms with Crippen molar-refractivity contribution in [2.24, 2.45) is 0 Å². The second-order valence-electron chi connectivity index (χ2n) is 7.21. The lowest BCUT2D eigenvalue weighted by Gasteiger charge is -2.45. The van der Waals surface area contributed by atoms with Gasteiger partial charge in [-0.1, -0.05) is 12.5 Å². The summed E-state index contributed by atoms with van der Waals surface area (Å²) >= 11 is 0. The van der Waals surface area contributed by atoms with Gasteiger partial charge in [0.25, 0.3) is 0 Å². The maximum absolute atomic E-state index is 12.2. The summed E-state index contributed by atoms with van der Waals surface area (Å²) in [4.78, 5) is 23.1. The number of amides is 1. The highest BCUT2D eigenvalue weighted by molar-refractivity contribution is 5.77. The van der Waals surface area contributed by atoms with E-state index in [0.29, 0.717) is 6.54 Å². The van der Waals surface area contributed by atoms with E-state index < -0.39 is 0 Å². The molecule has 0 N–H and O–H groups in total. The zero-order valence-corrected chi connectivity index (χ0v) is 14.4. The van der Waals surface area contributed by atoms with E-state index in [9.17, 15) is 4.79 Å². The molecule has 0 radical (unpaired) electrons. The number of likely N-dealkylation sites (N-methyl/N-ethyl adjacent to an activating group) is 1. The maximum Gasteiger partial charge on any atom is 0.236 e. The van der Waals surface area contributed by atoms with E-state index in [2.05, 4.69) is 20.9 Å². The molecule has 0 aromatic carbocycles. The van der Waals surface area contributed by atoms with E-state index in [1.807, 2.05) is 32.6 Å². The van der Waals surface area contributed by atoms with E-state index >= 15 is 0 Å². The van der Waals surface area contributed by atoms with Crippen LogP contribution in [0.1, 0.15) is 31.2 Å². The van der Waals surface area contributed by atoms with E-state index in [1.54, 1.807) is 4.90 Å². The summed E-state index contributed by atoms with van der Waals surface area (Å²) in [6.45, 7) is 4.77. The van der Waals surface area contributed by atoms with Crippen molar-refractivity contribution >= 4 is 5.91 Å². The molecule has 23 heavy (non-hydrogen) atoms. The predicted molar refractivity (Wildman–Crippen MR) is 91.0 cm³/mol. The predicted octanol–water partition coefficient (Wildman–Crippen LogP) is 1.60. The second kappa shape index (κ2) is 6.97. The number of aromatic nitrogens is 1. The summed E-state index contributed by atoms with van der Waals surface area (Å²) in [5, 5.41) is 0. The molecular weight excluding hydrogens is 288 g/mol. The zero-order valence-electron chi connectivity index (χ0n) is 14.4. The molecule has 3 rings (SSSR count). The molecule has 2 aliphatic rings. The molecule has 5 nitrogen and oxygen atoms in total. The van der Waals surface area contributed by atoms with Gasteiger partial charge in [0.2, 0.25) is 5.91 Å². The molecule has 2 fully saturated rings. The fourth-order valence-electron chi connectivity index (χ4n) is 3.99. The smallest absolute Gasteiger partial charge is 0.236 e. The number of hydrogen-bond donors (Lipinski definition) is 0. The van der Waals surface area contributed by atoms with Crippen LogP contribution in [0.25, 0.3) is 0 Å². The van der Waals surface area contributed by atoms with Gasteiger partial charge in [-0.05, 0) is 37.4 Å². The molecule has 1 amide bonds. The third-order valence-corrected chi connectivity index (χ3v) is 5.36. The highest BCUT2D eigenvalue weighted by Gasteiger charge is 2.44. The van der Waals surface area contributed by atoms with Crippen LogP contribution in [0.2, 0.25) is 0 Å². The van der Waals surface area contributed by atoms with Gasteiger partial charge in [0.1, 0.15) is 0 Å². The number of piperidine rings is 1. The Hall–Kier alpha value is -1.46. The number of likely N-dealkylation sites (tertiary alicyclic amines) is 2. The Morgan fingerprint density at radius 1 is 1.30 bits per heavy atom. The lowest BCUT2D eigenvalue weighted by atomic mass is 9.85. The highest BCUT2D eigenvalue weighted by Crippen LogP contribution is 2.36. The van der Waals surface area contributed by atoms with Crippen molar-refractivity contribution in [1.82, 2.24) is 19.7 Å². The first kappa shape index (κ1) is 16.4. The van der Waals surface area contributed by atoms with Gasteiger partial charge in [-0.2, -0.15) is 0 Å². The summed E-state index contributed by atoms with van der Waals surface area (Å²) in [6, 6.07) is 4.15. The highest BCUT2D eigenvalue weighted by atomic mass is 16.2. The van der Waals surface area contributed by atoms with E-state index in [-0.39, 0.29) is 11.4 Å². The first-order valence-electron chi connectivity index (χ1n) is 8.66. The normalized spacial score (nSPS) is 25.8. The quantitative estimate of drug-likeness (QED) is 0.846. The lowest BCUT2D eigenvalue weighted by molar-refractivity contribution is -0.132. The standard InChI is InChI=1S/C18H28N4O/c1-20(2)17(23)14-22-10-4-3-7-18(22)8-11-21(15-18)13-16-6-5-9-19-12-16/h5-6,9,12H,3-4,7-8,10-11,13-15H2,1-2H3. The van der Waals surface area contributed by atoms with Gasteiger partial charge in [-0.3, -0.25) is 19.6 Å². The van der Waals surface area contributed by atoms with Crippen LogP contribution < -0.4 is 0 Å². The van der Waals surface area contributed by atoms with E-state index in [1.165, 1.54) is 31.2 Å². The molecule has 2 saturated heterocycles. The zero-order chi connectivity index (χ0) is 16.3. The summed E-state index contributed by atoms with van der Waals surface area (Å²) in [6.07, 6.45) is 8.67. The molecule has 1 aromatic heterocycles. The second-order valence-corrected chi connectivity index (χ2v) is 7.21. The van der Waals surface area contributed by atoms with Gasteiger partial charge in [0, 0.05) is 51.7 Å². The SMILES string of the molecule is CN(C)C(=O)CN1CCCCC12CCN(Cc1cccnc1)C2. The van der Waals surface area contributed by atoms with Crippen molar-refractivity contribution in [3.05, 3.63) is 30.1 Å². The molecule has 1 atom stereocenters. The summed E-state index contributed by atoms with van der Waals surface area (Å²) in [5.74, 6) is 0.219. The number of carbonyl (C=O) groups excluding carboxylic acids is 1. The average molecular weight is 316 g/mol. The third kappa shape index (κ3) is 3.72. The lowest BCUT2D eigenvalue weighted by Crippen LogP contribution is -2.56. The van der Waals surface area contributed by atoms with Crippen LogP contribution in [0.15, 0.2) is 24.5 Å². The van der Waals surface area contributed by atoms with Crippen LogP contribution >= 0.6 is 0 Å². The fraction of sp³-hybridized carbons (Fsp3) is 0.667. The van der Waals surface area contributed by atoms with Crippen molar-refractivity contribution in [1.29, 1.82) is 0 Å². The minimum absolute atomic E-state index is 0.201. The average Bonchev–Trinajstić information content (AvgIpc) is 2.94. The van der Waals surface area contributed by atoms with Crippen molar-refractivity contribution in [3.8, 4) is 0 Å². The number of nitrogens with zero attached hydrogens (tertiary/aromatic N) is 4. The van der Waals surface area contributed by atoms with Crippen molar-refractivity contribution < 1.29 is 4.79 Å². The van der Waals surface area contributed by atoms with Crippen LogP contribution in [0.5, 0.6) is 0 Å². The topological polar surface area (TPSA) is 39.7 Å². The van der Waals surface area contributed by atoms with E-state index in [4.69, 9.17) is 0 Å². The molecule has 3 heterocycles. The first-order chi connectivity index (χ1) is 11.1. The summed E-state index contributed by atoms with van der Waals surface area (Å²) < 4.78 is 0. The van der Waals surface area contributed by atoms with Crippen LogP contribution in [-0.4, -0.2) is 71.4 Å². The molecule has 1 unspecified atom stereocenters. The minimum Gasteiger partial charge on any atom is -0.348 e. The Bertz CT molecular complexity index is 533. The Kier molecular flexibility index (Phi) is 4.97. The summed E-state index contributed by atoms with van der Waals surface area (Å²) in [5.41, 5.74) is 1.47. The number of hydrogen-bond acceptors (Lipinski definition) is 4. The maximum atomic E-state index is 12.2. The van der Waals surface area contributed by atoms with Gasteiger partial charge >= 0.3 is 0 Å². The monoisotopic (exact) mass is 316 g/mol. The molecule has 5 heteroatoms. The van der Waals surface area contributed by atoms with E-state index in [0.717, 1.165) is 26.2 Å². The number of pyridine rings is 1. The van der Waals surface area contributed by atoms with Crippen LogP contribution in [-0.2, 0) is 11.3 Å². The molecule has 2 aliphatic heterocycles. The molecule has 1 spiro atoms. The molecule has 0 bridgehead atoms. The Labute approximate surface area is 139 Å². The van der Waals surface area contributed by atoms with Crippen LogP contribution in [0.4, 0.5) is 0 Å². The Morgan fingerprint density at radius 3 is 2.91 bits per heavy atom. The number of rotatable bonds is 4. The number of carbonyl (C=O) groups is 1. The first-order valence-corrected chi connectivity index (χ1v) is 8.66. The summed E-state index contributed by atoms with van der Waals surface area (Å²) in [7, 11) is 3.70. The van der Waals surface area contributed by atoms with Gasteiger partial charge in [0.15, 0.2) is 0 Å². The fourth-order valence-corrected chi connectivity index (χ4v) is 3.99. The van der Waals surface area contributed by atoms with Gasteiger partial charge in [-0.15, -0.1) is 0 Å². The molecule has 0 saturated carbocycles. The van der Waals surface area contributed by atoms with Crippen molar-refractivity contribution in [3.63, 3.8) is 0 Å². The van der Waals surface area contributed by atoms with Gasteiger partial charge in [0.05, 0.1) is 6.54 Å². The molecule has 1 aromatic rings. The molecular formula is C18H28N4O.